The molecule has 2 nitrogen and oxygen atoms in total. The topological polar surface area (TPSA) is 30.0 Å². The van der Waals surface area contributed by atoms with Crippen LogP contribution in [0.15, 0.2) is 49.2 Å². The normalized spacial score (nSPS) is 12.9. The molecule has 1 heterocycles. The lowest BCUT2D eigenvalue weighted by atomic mass is 9.94. The standard InChI is InChI=1S/C19H25NO/c1-5-7-9-11-15(3)18-14-17(12-13-20-18)19(21)16(4)10-8-6-2/h5,7,9,11-14,16H,3,6,8,10H2,1-2,4H3/b7-5-,11-9-. The van der Waals surface area contributed by atoms with Gasteiger partial charge in [0.15, 0.2) is 5.78 Å². The van der Waals surface area contributed by atoms with E-state index in [-0.39, 0.29) is 11.7 Å². The lowest BCUT2D eigenvalue weighted by molar-refractivity contribution is 0.0922. The monoisotopic (exact) mass is 283 g/mol. The summed E-state index contributed by atoms with van der Waals surface area (Å²) < 4.78 is 0. The first-order valence-corrected chi connectivity index (χ1v) is 7.59. The van der Waals surface area contributed by atoms with E-state index in [4.69, 9.17) is 0 Å². The van der Waals surface area contributed by atoms with E-state index < -0.39 is 0 Å². The molecule has 0 fully saturated rings. The van der Waals surface area contributed by atoms with Gasteiger partial charge in [-0.05, 0) is 31.1 Å². The van der Waals surface area contributed by atoms with Gasteiger partial charge in [-0.2, -0.15) is 0 Å². The Labute approximate surface area is 128 Å². The number of allylic oxidation sites excluding steroid dienone is 5. The van der Waals surface area contributed by atoms with Crippen molar-refractivity contribution in [1.29, 1.82) is 0 Å². The maximum atomic E-state index is 12.4. The Hall–Kier alpha value is -1.96. The highest BCUT2D eigenvalue weighted by Gasteiger charge is 2.15. The van der Waals surface area contributed by atoms with E-state index in [1.165, 1.54) is 0 Å². The minimum atomic E-state index is 0.0621. The summed E-state index contributed by atoms with van der Waals surface area (Å²) in [4.78, 5) is 16.7. The Bertz CT molecular complexity index is 540. The van der Waals surface area contributed by atoms with Gasteiger partial charge in [-0.1, -0.05) is 57.6 Å². The molecule has 0 radical (unpaired) electrons. The van der Waals surface area contributed by atoms with Gasteiger partial charge in [-0.25, -0.2) is 0 Å². The number of rotatable bonds is 8. The lowest BCUT2D eigenvalue weighted by Gasteiger charge is -2.10. The molecule has 0 N–H and O–H groups in total. The fraction of sp³-hybridized carbons (Fsp3) is 0.368. The van der Waals surface area contributed by atoms with Gasteiger partial charge in [0.05, 0.1) is 5.69 Å². The summed E-state index contributed by atoms with van der Waals surface area (Å²) in [5.74, 6) is 0.254. The zero-order valence-corrected chi connectivity index (χ0v) is 13.3. The quantitative estimate of drug-likeness (QED) is 0.482. The molecule has 1 unspecified atom stereocenters. The van der Waals surface area contributed by atoms with Crippen LogP contribution >= 0.6 is 0 Å². The number of pyridine rings is 1. The van der Waals surface area contributed by atoms with E-state index in [1.54, 1.807) is 12.3 Å². The largest absolute Gasteiger partial charge is 0.294 e. The molecule has 112 valence electrons. The highest BCUT2D eigenvalue weighted by molar-refractivity contribution is 5.98. The van der Waals surface area contributed by atoms with E-state index >= 15 is 0 Å². The molecule has 2 heteroatoms. The maximum Gasteiger partial charge on any atom is 0.165 e. The number of unbranched alkanes of at least 4 members (excludes halogenated alkanes) is 1. The van der Waals surface area contributed by atoms with Crippen LogP contribution in [0.3, 0.4) is 0 Å². The fourth-order valence-electron chi connectivity index (χ4n) is 2.05. The zero-order valence-electron chi connectivity index (χ0n) is 13.3. The summed E-state index contributed by atoms with van der Waals surface area (Å²) in [6.07, 6.45) is 12.5. The lowest BCUT2D eigenvalue weighted by Crippen LogP contribution is -2.11. The molecule has 0 aliphatic carbocycles. The summed E-state index contributed by atoms with van der Waals surface area (Å²) >= 11 is 0. The summed E-state index contributed by atoms with van der Waals surface area (Å²) in [5, 5.41) is 0. The minimum Gasteiger partial charge on any atom is -0.294 e. The number of aromatic nitrogens is 1. The smallest absolute Gasteiger partial charge is 0.165 e. The number of Topliss-reactive ketones (excluding diaryl/α,β-unsaturated/α-hetero) is 1. The predicted molar refractivity (Wildman–Crippen MR) is 90.2 cm³/mol. The van der Waals surface area contributed by atoms with Gasteiger partial charge in [0.2, 0.25) is 0 Å². The van der Waals surface area contributed by atoms with Crippen molar-refractivity contribution in [2.75, 3.05) is 0 Å². The molecule has 0 aromatic carbocycles. The zero-order chi connectivity index (χ0) is 15.7. The SMILES string of the molecule is C=C(/C=C\C=C/C)c1cc(C(=O)C(C)CCCC)ccn1. The molecule has 1 atom stereocenters. The number of hydrogen-bond donors (Lipinski definition) is 0. The summed E-state index contributed by atoms with van der Waals surface area (Å²) in [5.41, 5.74) is 2.29. The van der Waals surface area contributed by atoms with Gasteiger partial charge in [-0.15, -0.1) is 0 Å². The van der Waals surface area contributed by atoms with Crippen molar-refractivity contribution in [2.45, 2.75) is 40.0 Å². The van der Waals surface area contributed by atoms with Crippen LogP contribution < -0.4 is 0 Å². The van der Waals surface area contributed by atoms with Crippen LogP contribution in [0.1, 0.15) is 56.1 Å². The summed E-state index contributed by atoms with van der Waals surface area (Å²) in [7, 11) is 0. The molecule has 0 aliphatic heterocycles. The van der Waals surface area contributed by atoms with E-state index in [0.29, 0.717) is 0 Å². The summed E-state index contributed by atoms with van der Waals surface area (Å²) in [6.45, 7) is 10.1. The van der Waals surface area contributed by atoms with Crippen molar-refractivity contribution in [3.05, 3.63) is 60.5 Å². The van der Waals surface area contributed by atoms with Crippen molar-refractivity contribution in [2.24, 2.45) is 5.92 Å². The second kappa shape index (κ2) is 9.06. The van der Waals surface area contributed by atoms with Crippen LogP contribution in [-0.4, -0.2) is 10.8 Å². The first-order valence-electron chi connectivity index (χ1n) is 7.59. The van der Waals surface area contributed by atoms with E-state index in [1.807, 2.05) is 44.2 Å². The number of nitrogens with zero attached hydrogens (tertiary/aromatic N) is 1. The number of carbonyl (C=O) groups excluding carboxylic acids is 1. The summed E-state index contributed by atoms with van der Waals surface area (Å²) in [6, 6.07) is 3.63. The first kappa shape index (κ1) is 17.1. The molecule has 1 aromatic rings. The van der Waals surface area contributed by atoms with Gasteiger partial charge < -0.3 is 0 Å². The van der Waals surface area contributed by atoms with Crippen LogP contribution in [0, 0.1) is 5.92 Å². The fourth-order valence-corrected chi connectivity index (χ4v) is 2.05. The third-order valence-electron chi connectivity index (χ3n) is 3.41. The van der Waals surface area contributed by atoms with E-state index in [2.05, 4.69) is 18.5 Å². The second-order valence-corrected chi connectivity index (χ2v) is 5.25. The second-order valence-electron chi connectivity index (χ2n) is 5.25. The average Bonchev–Trinajstić information content (AvgIpc) is 2.52. The number of carbonyl (C=O) groups is 1. The van der Waals surface area contributed by atoms with Crippen LogP contribution in [0.2, 0.25) is 0 Å². The van der Waals surface area contributed by atoms with Crippen molar-refractivity contribution in [3.8, 4) is 0 Å². The molecule has 21 heavy (non-hydrogen) atoms. The van der Waals surface area contributed by atoms with Gasteiger partial charge >= 0.3 is 0 Å². The Morgan fingerprint density at radius 2 is 2.19 bits per heavy atom. The third kappa shape index (κ3) is 5.50. The Balaban J connectivity index is 2.85. The van der Waals surface area contributed by atoms with Crippen molar-refractivity contribution >= 4 is 11.4 Å². The average molecular weight is 283 g/mol. The molecule has 1 aromatic heterocycles. The van der Waals surface area contributed by atoms with Gasteiger partial charge in [0.25, 0.3) is 0 Å². The van der Waals surface area contributed by atoms with Crippen LogP contribution in [-0.2, 0) is 0 Å². The molecule has 1 rings (SSSR count). The first-order chi connectivity index (χ1) is 10.1. The maximum absolute atomic E-state index is 12.4. The Kier molecular flexibility index (Phi) is 7.38. The van der Waals surface area contributed by atoms with Gasteiger partial charge in [0.1, 0.15) is 0 Å². The molecule has 0 aliphatic rings. The van der Waals surface area contributed by atoms with Crippen molar-refractivity contribution in [1.82, 2.24) is 4.98 Å². The Morgan fingerprint density at radius 3 is 2.86 bits per heavy atom. The highest BCUT2D eigenvalue weighted by Crippen LogP contribution is 2.18. The van der Waals surface area contributed by atoms with Crippen molar-refractivity contribution < 1.29 is 4.79 Å². The van der Waals surface area contributed by atoms with Crippen LogP contribution in [0.5, 0.6) is 0 Å². The van der Waals surface area contributed by atoms with Crippen LogP contribution in [0.25, 0.3) is 5.57 Å². The minimum absolute atomic E-state index is 0.0621. The molecular weight excluding hydrogens is 258 g/mol. The Morgan fingerprint density at radius 1 is 1.43 bits per heavy atom. The third-order valence-corrected chi connectivity index (χ3v) is 3.41. The number of hydrogen-bond acceptors (Lipinski definition) is 2. The van der Waals surface area contributed by atoms with Crippen molar-refractivity contribution in [3.63, 3.8) is 0 Å². The molecule has 0 amide bonds. The predicted octanol–water partition coefficient (Wildman–Crippen LogP) is 5.24. The van der Waals surface area contributed by atoms with E-state index in [0.717, 1.165) is 36.1 Å². The number of ketones is 1. The van der Waals surface area contributed by atoms with Gasteiger partial charge in [0, 0.05) is 17.7 Å². The van der Waals surface area contributed by atoms with Crippen LogP contribution in [0.4, 0.5) is 0 Å². The highest BCUT2D eigenvalue weighted by atomic mass is 16.1. The van der Waals surface area contributed by atoms with E-state index in [9.17, 15) is 4.79 Å². The molecule has 0 saturated carbocycles. The molecule has 0 saturated heterocycles. The van der Waals surface area contributed by atoms with Gasteiger partial charge in [-0.3, -0.25) is 9.78 Å². The molecule has 0 spiro atoms. The molecular formula is C19H25NO. The molecule has 0 bridgehead atoms.